The van der Waals surface area contributed by atoms with Crippen molar-refractivity contribution in [2.45, 2.75) is 51.7 Å². The number of benzene rings is 1. The van der Waals surface area contributed by atoms with E-state index in [1.54, 1.807) is 7.11 Å². The molecule has 5 heteroatoms. The van der Waals surface area contributed by atoms with Crippen molar-refractivity contribution in [2.24, 2.45) is 0 Å². The number of amides is 1. The van der Waals surface area contributed by atoms with Crippen LogP contribution in [0.1, 0.15) is 40.0 Å². The highest BCUT2D eigenvalue weighted by molar-refractivity contribution is 5.88. The van der Waals surface area contributed by atoms with Crippen molar-refractivity contribution in [3.05, 3.63) is 24.3 Å². The highest BCUT2D eigenvalue weighted by Crippen LogP contribution is 2.23. The lowest BCUT2D eigenvalue weighted by Gasteiger charge is -2.38. The summed E-state index contributed by atoms with van der Waals surface area (Å²) in [6.45, 7) is 8.21. The maximum absolute atomic E-state index is 12.9. The molecule has 24 heavy (non-hydrogen) atoms. The van der Waals surface area contributed by atoms with E-state index in [1.807, 2.05) is 43.0 Å². The Morgan fingerprint density at radius 2 is 2.04 bits per heavy atom. The molecule has 1 saturated heterocycles. The van der Waals surface area contributed by atoms with Crippen LogP contribution in [0.2, 0.25) is 0 Å². The van der Waals surface area contributed by atoms with Gasteiger partial charge in [-0.15, -0.1) is 0 Å². The van der Waals surface area contributed by atoms with Gasteiger partial charge >= 0.3 is 0 Å². The van der Waals surface area contributed by atoms with Gasteiger partial charge in [0, 0.05) is 25.4 Å². The fourth-order valence-electron chi connectivity index (χ4n) is 3.03. The molecular weight excluding hydrogens is 304 g/mol. The van der Waals surface area contributed by atoms with E-state index in [0.717, 1.165) is 43.9 Å². The van der Waals surface area contributed by atoms with Gasteiger partial charge in [0.1, 0.15) is 11.3 Å². The predicted octanol–water partition coefficient (Wildman–Crippen LogP) is 3.30. The van der Waals surface area contributed by atoms with E-state index in [9.17, 15) is 4.79 Å². The molecule has 1 aliphatic rings. The number of piperidine rings is 1. The zero-order chi connectivity index (χ0) is 17.6. The van der Waals surface area contributed by atoms with Gasteiger partial charge in [-0.1, -0.05) is 6.92 Å². The molecule has 1 atom stereocenters. The smallest absolute Gasteiger partial charge is 0.247 e. The van der Waals surface area contributed by atoms with Crippen LogP contribution in [0.15, 0.2) is 24.3 Å². The SMILES string of the molecule is CCCOC1CCCN(C(=O)C(C)(C)Nc2ccc(OC)cc2)C1. The van der Waals surface area contributed by atoms with Gasteiger partial charge in [0.25, 0.3) is 0 Å². The number of rotatable bonds is 7. The van der Waals surface area contributed by atoms with Crippen LogP contribution in [0.25, 0.3) is 0 Å². The average molecular weight is 334 g/mol. The van der Waals surface area contributed by atoms with Gasteiger partial charge in [-0.05, 0) is 57.4 Å². The van der Waals surface area contributed by atoms with Crippen molar-refractivity contribution in [1.82, 2.24) is 4.90 Å². The lowest BCUT2D eigenvalue weighted by Crippen LogP contribution is -2.54. The molecule has 1 fully saturated rings. The van der Waals surface area contributed by atoms with E-state index in [0.29, 0.717) is 6.54 Å². The minimum Gasteiger partial charge on any atom is -0.497 e. The lowest BCUT2D eigenvalue weighted by atomic mass is 9.99. The molecule has 0 aromatic heterocycles. The molecule has 1 N–H and O–H groups in total. The molecule has 0 saturated carbocycles. The highest BCUT2D eigenvalue weighted by atomic mass is 16.5. The van der Waals surface area contributed by atoms with Crippen molar-refractivity contribution >= 4 is 11.6 Å². The lowest BCUT2D eigenvalue weighted by molar-refractivity contribution is -0.139. The third-order valence-corrected chi connectivity index (χ3v) is 4.30. The number of hydrogen-bond acceptors (Lipinski definition) is 4. The van der Waals surface area contributed by atoms with Crippen LogP contribution >= 0.6 is 0 Å². The zero-order valence-electron chi connectivity index (χ0n) is 15.3. The second-order valence-corrected chi connectivity index (χ2v) is 6.86. The van der Waals surface area contributed by atoms with Crippen molar-refractivity contribution in [3.8, 4) is 5.75 Å². The Hall–Kier alpha value is -1.75. The summed E-state index contributed by atoms with van der Waals surface area (Å²) in [4.78, 5) is 14.9. The summed E-state index contributed by atoms with van der Waals surface area (Å²) in [5.74, 6) is 0.916. The minimum atomic E-state index is -0.665. The van der Waals surface area contributed by atoms with Gasteiger partial charge in [-0.3, -0.25) is 4.79 Å². The van der Waals surface area contributed by atoms with Crippen LogP contribution in [-0.2, 0) is 9.53 Å². The molecule has 1 aliphatic heterocycles. The fraction of sp³-hybridized carbons (Fsp3) is 0.632. The average Bonchev–Trinajstić information content (AvgIpc) is 2.60. The number of nitrogens with zero attached hydrogens (tertiary/aromatic N) is 1. The number of hydrogen-bond donors (Lipinski definition) is 1. The number of nitrogens with one attached hydrogen (secondary N) is 1. The van der Waals surface area contributed by atoms with Crippen LogP contribution in [0.3, 0.4) is 0 Å². The van der Waals surface area contributed by atoms with Gasteiger partial charge in [-0.2, -0.15) is 0 Å². The number of likely N-dealkylation sites (tertiary alicyclic amines) is 1. The minimum absolute atomic E-state index is 0.114. The molecule has 1 aromatic carbocycles. The van der Waals surface area contributed by atoms with E-state index in [1.165, 1.54) is 0 Å². The number of ether oxygens (including phenoxy) is 2. The van der Waals surface area contributed by atoms with Gasteiger partial charge in [-0.25, -0.2) is 0 Å². The van der Waals surface area contributed by atoms with Crippen LogP contribution in [0.4, 0.5) is 5.69 Å². The van der Waals surface area contributed by atoms with Crippen molar-refractivity contribution in [2.75, 3.05) is 32.1 Å². The Morgan fingerprint density at radius 1 is 1.33 bits per heavy atom. The van der Waals surface area contributed by atoms with E-state index in [2.05, 4.69) is 12.2 Å². The van der Waals surface area contributed by atoms with Gasteiger partial charge in [0.2, 0.25) is 5.91 Å². The monoisotopic (exact) mass is 334 g/mol. The van der Waals surface area contributed by atoms with Crippen LogP contribution in [0.5, 0.6) is 5.75 Å². The first-order chi connectivity index (χ1) is 11.5. The Bertz CT molecular complexity index is 528. The second-order valence-electron chi connectivity index (χ2n) is 6.86. The van der Waals surface area contributed by atoms with Gasteiger partial charge in [0.05, 0.1) is 13.2 Å². The van der Waals surface area contributed by atoms with E-state index in [-0.39, 0.29) is 12.0 Å². The Labute approximate surface area is 145 Å². The highest BCUT2D eigenvalue weighted by Gasteiger charge is 2.34. The second kappa shape index (κ2) is 8.38. The van der Waals surface area contributed by atoms with E-state index >= 15 is 0 Å². The topological polar surface area (TPSA) is 50.8 Å². The van der Waals surface area contributed by atoms with Crippen LogP contribution in [-0.4, -0.2) is 49.3 Å². The molecule has 5 nitrogen and oxygen atoms in total. The molecule has 1 unspecified atom stereocenters. The van der Waals surface area contributed by atoms with Gasteiger partial charge in [0.15, 0.2) is 0 Å². The standard InChI is InChI=1S/C19H30N2O3/c1-5-13-24-17-7-6-12-21(14-17)18(22)19(2,3)20-15-8-10-16(23-4)11-9-15/h8-11,17,20H,5-7,12-14H2,1-4H3. The maximum atomic E-state index is 12.9. The van der Waals surface area contributed by atoms with E-state index in [4.69, 9.17) is 9.47 Å². The summed E-state index contributed by atoms with van der Waals surface area (Å²) < 4.78 is 11.0. The summed E-state index contributed by atoms with van der Waals surface area (Å²) in [6, 6.07) is 7.63. The summed E-state index contributed by atoms with van der Waals surface area (Å²) in [6.07, 6.45) is 3.21. The molecule has 0 aliphatic carbocycles. The number of carbonyl (C=O) groups excluding carboxylic acids is 1. The molecule has 1 amide bonds. The van der Waals surface area contributed by atoms with Crippen molar-refractivity contribution in [3.63, 3.8) is 0 Å². The molecule has 0 spiro atoms. The molecule has 0 bridgehead atoms. The quantitative estimate of drug-likeness (QED) is 0.831. The third-order valence-electron chi connectivity index (χ3n) is 4.30. The number of anilines is 1. The first-order valence-electron chi connectivity index (χ1n) is 8.79. The molecular formula is C19H30N2O3. The largest absolute Gasteiger partial charge is 0.497 e. The molecule has 2 rings (SSSR count). The maximum Gasteiger partial charge on any atom is 0.247 e. The van der Waals surface area contributed by atoms with Crippen molar-refractivity contribution < 1.29 is 14.3 Å². The summed E-state index contributed by atoms with van der Waals surface area (Å²) in [5.41, 5.74) is 0.242. The molecule has 134 valence electrons. The number of carbonyl (C=O) groups is 1. The number of methoxy groups -OCH3 is 1. The zero-order valence-corrected chi connectivity index (χ0v) is 15.3. The Balaban J connectivity index is 1.97. The Morgan fingerprint density at radius 3 is 2.67 bits per heavy atom. The summed E-state index contributed by atoms with van der Waals surface area (Å²) >= 11 is 0. The van der Waals surface area contributed by atoms with Crippen LogP contribution in [0, 0.1) is 0 Å². The predicted molar refractivity (Wildman–Crippen MR) is 96.5 cm³/mol. The molecule has 1 aromatic rings. The fourth-order valence-corrected chi connectivity index (χ4v) is 3.03. The Kier molecular flexibility index (Phi) is 6.49. The third kappa shape index (κ3) is 4.87. The van der Waals surface area contributed by atoms with Crippen LogP contribution < -0.4 is 10.1 Å². The van der Waals surface area contributed by atoms with Gasteiger partial charge < -0.3 is 19.7 Å². The summed E-state index contributed by atoms with van der Waals surface area (Å²) in [7, 11) is 1.64. The first kappa shape index (κ1) is 18.6. The molecule has 1 heterocycles. The first-order valence-corrected chi connectivity index (χ1v) is 8.79. The van der Waals surface area contributed by atoms with E-state index < -0.39 is 5.54 Å². The molecule has 0 radical (unpaired) electrons. The normalized spacial score (nSPS) is 18.3. The summed E-state index contributed by atoms with van der Waals surface area (Å²) in [5, 5.41) is 3.34. The van der Waals surface area contributed by atoms with Crippen molar-refractivity contribution in [1.29, 1.82) is 0 Å².